The number of hydrogen-bond acceptors (Lipinski definition) is 5. The molecule has 1 fully saturated rings. The number of carbonyl (C=O) groups is 1. The van der Waals surface area contributed by atoms with E-state index in [1.807, 2.05) is 6.07 Å². The van der Waals surface area contributed by atoms with Gasteiger partial charge in [0, 0.05) is 25.0 Å². The maximum Gasteiger partial charge on any atom is 0.274 e. The number of anilines is 2. The molecule has 1 saturated heterocycles. The van der Waals surface area contributed by atoms with Crippen molar-refractivity contribution >= 4 is 17.3 Å². The van der Waals surface area contributed by atoms with Gasteiger partial charge in [-0.25, -0.2) is 0 Å². The van der Waals surface area contributed by atoms with Crippen LogP contribution < -0.4 is 10.2 Å². The lowest BCUT2D eigenvalue weighted by Gasteiger charge is -2.32. The van der Waals surface area contributed by atoms with Crippen LogP contribution >= 0.6 is 0 Å². The number of pyridine rings is 1. The summed E-state index contributed by atoms with van der Waals surface area (Å²) in [6.45, 7) is 1.44. The van der Waals surface area contributed by atoms with Gasteiger partial charge in [0.05, 0.1) is 17.4 Å². The summed E-state index contributed by atoms with van der Waals surface area (Å²) >= 11 is 0. The van der Waals surface area contributed by atoms with Crippen molar-refractivity contribution in [2.75, 3.05) is 23.3 Å². The van der Waals surface area contributed by atoms with Gasteiger partial charge in [-0.1, -0.05) is 6.07 Å². The monoisotopic (exact) mass is 322 g/mol. The molecule has 1 aliphatic rings. The van der Waals surface area contributed by atoms with E-state index in [0.717, 1.165) is 18.8 Å². The van der Waals surface area contributed by atoms with E-state index in [2.05, 4.69) is 21.3 Å². The molecular formula is C18H18N4O2. The Hall–Kier alpha value is -2.91. The molecule has 6 heteroatoms. The topological polar surface area (TPSA) is 89.2 Å². The molecular weight excluding hydrogens is 304 g/mol. The average molecular weight is 322 g/mol. The van der Waals surface area contributed by atoms with E-state index >= 15 is 0 Å². The third-order valence-electron chi connectivity index (χ3n) is 4.08. The number of aromatic nitrogens is 1. The summed E-state index contributed by atoms with van der Waals surface area (Å²) in [5.74, 6) is -0.312. The zero-order valence-corrected chi connectivity index (χ0v) is 13.1. The van der Waals surface area contributed by atoms with Crippen LogP contribution in [0.5, 0.6) is 0 Å². The van der Waals surface area contributed by atoms with Gasteiger partial charge < -0.3 is 15.3 Å². The Morgan fingerprint density at radius 1 is 1.29 bits per heavy atom. The Morgan fingerprint density at radius 2 is 2.08 bits per heavy atom. The third kappa shape index (κ3) is 3.53. The molecule has 2 aromatic rings. The van der Waals surface area contributed by atoms with Crippen molar-refractivity contribution in [2.24, 2.45) is 0 Å². The van der Waals surface area contributed by atoms with Crippen LogP contribution in [-0.4, -0.2) is 35.2 Å². The lowest BCUT2D eigenvalue weighted by Crippen LogP contribution is -2.36. The smallest absolute Gasteiger partial charge is 0.274 e. The zero-order chi connectivity index (χ0) is 16.9. The summed E-state index contributed by atoms with van der Waals surface area (Å²) in [6.07, 6.45) is 2.69. The molecule has 1 aromatic carbocycles. The third-order valence-corrected chi connectivity index (χ3v) is 4.08. The minimum atomic E-state index is -0.312. The average Bonchev–Trinajstić information content (AvgIpc) is 2.63. The first-order valence-electron chi connectivity index (χ1n) is 7.87. The lowest BCUT2D eigenvalue weighted by atomic mass is 10.0. The van der Waals surface area contributed by atoms with E-state index in [4.69, 9.17) is 0 Å². The largest absolute Gasteiger partial charge is 0.393 e. The number of benzene rings is 1. The number of nitriles is 1. The molecule has 0 saturated carbocycles. The summed E-state index contributed by atoms with van der Waals surface area (Å²) in [5, 5.41) is 21.8. The van der Waals surface area contributed by atoms with Crippen molar-refractivity contribution in [1.82, 2.24) is 4.98 Å². The highest BCUT2D eigenvalue weighted by Crippen LogP contribution is 2.26. The number of rotatable bonds is 3. The van der Waals surface area contributed by atoms with Crippen LogP contribution in [0.3, 0.4) is 0 Å². The highest BCUT2D eigenvalue weighted by Gasteiger charge is 2.20. The van der Waals surface area contributed by atoms with E-state index in [0.29, 0.717) is 29.8 Å². The number of aliphatic hydroxyl groups is 1. The molecule has 3 rings (SSSR count). The molecule has 0 spiro atoms. The fraction of sp³-hybridized carbons (Fsp3) is 0.278. The summed E-state index contributed by atoms with van der Waals surface area (Å²) in [5.41, 5.74) is 2.22. The number of amides is 1. The number of piperidine rings is 1. The molecule has 0 bridgehead atoms. The second kappa shape index (κ2) is 7.11. The van der Waals surface area contributed by atoms with Crippen molar-refractivity contribution in [2.45, 2.75) is 18.9 Å². The summed E-state index contributed by atoms with van der Waals surface area (Å²) in [6, 6.07) is 12.6. The van der Waals surface area contributed by atoms with Gasteiger partial charge in [0.15, 0.2) is 0 Å². The predicted molar refractivity (Wildman–Crippen MR) is 90.8 cm³/mol. The normalized spacial score (nSPS) is 14.9. The molecule has 0 atom stereocenters. The Balaban J connectivity index is 1.77. The van der Waals surface area contributed by atoms with Crippen molar-refractivity contribution in [1.29, 1.82) is 5.26 Å². The van der Waals surface area contributed by atoms with Crippen LogP contribution in [0.25, 0.3) is 0 Å². The van der Waals surface area contributed by atoms with Gasteiger partial charge in [0.25, 0.3) is 5.91 Å². The quantitative estimate of drug-likeness (QED) is 0.904. The fourth-order valence-corrected chi connectivity index (χ4v) is 2.78. The molecule has 24 heavy (non-hydrogen) atoms. The van der Waals surface area contributed by atoms with Crippen molar-refractivity contribution in [3.8, 4) is 6.07 Å². The van der Waals surface area contributed by atoms with E-state index < -0.39 is 0 Å². The fourth-order valence-electron chi connectivity index (χ4n) is 2.78. The van der Waals surface area contributed by atoms with E-state index in [1.165, 1.54) is 0 Å². The van der Waals surface area contributed by atoms with Gasteiger partial charge in [0.1, 0.15) is 11.8 Å². The van der Waals surface area contributed by atoms with Crippen LogP contribution in [0.15, 0.2) is 42.6 Å². The standard InChI is InChI=1S/C18H18N4O2/c19-12-13-11-14(21-18(24)16-3-1-2-8-20-16)4-5-17(13)22-9-6-15(23)7-10-22/h1-5,8,11,15,23H,6-7,9-10H2,(H,21,24). The molecule has 2 N–H and O–H groups in total. The van der Waals surface area contributed by atoms with E-state index in [9.17, 15) is 15.2 Å². The van der Waals surface area contributed by atoms with Gasteiger partial charge in [-0.05, 0) is 43.2 Å². The van der Waals surface area contributed by atoms with Crippen LogP contribution in [0.2, 0.25) is 0 Å². The Bertz CT molecular complexity index is 762. The molecule has 1 amide bonds. The first kappa shape index (κ1) is 16.0. The number of nitrogens with one attached hydrogen (secondary N) is 1. The number of nitrogens with zero attached hydrogens (tertiary/aromatic N) is 3. The Kier molecular flexibility index (Phi) is 4.73. The molecule has 1 aromatic heterocycles. The minimum Gasteiger partial charge on any atom is -0.393 e. The molecule has 122 valence electrons. The predicted octanol–water partition coefficient (Wildman–Crippen LogP) is 2.17. The summed E-state index contributed by atoms with van der Waals surface area (Å²) in [7, 11) is 0. The SMILES string of the molecule is N#Cc1cc(NC(=O)c2ccccn2)ccc1N1CCC(O)CC1. The van der Waals surface area contributed by atoms with Gasteiger partial charge in [-0.2, -0.15) is 5.26 Å². The molecule has 2 heterocycles. The molecule has 0 radical (unpaired) electrons. The maximum absolute atomic E-state index is 12.1. The minimum absolute atomic E-state index is 0.260. The highest BCUT2D eigenvalue weighted by molar-refractivity contribution is 6.03. The zero-order valence-electron chi connectivity index (χ0n) is 13.1. The van der Waals surface area contributed by atoms with E-state index in [1.54, 1.807) is 36.5 Å². The summed E-state index contributed by atoms with van der Waals surface area (Å²) in [4.78, 5) is 18.2. The van der Waals surface area contributed by atoms with Gasteiger partial charge in [-0.3, -0.25) is 9.78 Å². The first-order chi connectivity index (χ1) is 11.7. The molecule has 0 aliphatic carbocycles. The van der Waals surface area contributed by atoms with Crippen LogP contribution in [0, 0.1) is 11.3 Å². The molecule has 6 nitrogen and oxygen atoms in total. The van der Waals surface area contributed by atoms with Crippen LogP contribution in [0.1, 0.15) is 28.9 Å². The number of hydrogen-bond donors (Lipinski definition) is 2. The highest BCUT2D eigenvalue weighted by atomic mass is 16.3. The number of aliphatic hydroxyl groups excluding tert-OH is 1. The van der Waals surface area contributed by atoms with Gasteiger partial charge >= 0.3 is 0 Å². The Morgan fingerprint density at radius 3 is 2.75 bits per heavy atom. The van der Waals surface area contributed by atoms with Crippen LogP contribution in [0.4, 0.5) is 11.4 Å². The van der Waals surface area contributed by atoms with Crippen LogP contribution in [-0.2, 0) is 0 Å². The Labute approximate surface area is 140 Å². The second-order valence-corrected chi connectivity index (χ2v) is 5.73. The molecule has 1 aliphatic heterocycles. The van der Waals surface area contributed by atoms with E-state index in [-0.39, 0.29) is 12.0 Å². The van der Waals surface area contributed by atoms with Crippen molar-refractivity contribution in [3.05, 3.63) is 53.9 Å². The van der Waals surface area contributed by atoms with Crippen molar-refractivity contribution < 1.29 is 9.90 Å². The molecule has 0 unspecified atom stereocenters. The van der Waals surface area contributed by atoms with Gasteiger partial charge in [-0.15, -0.1) is 0 Å². The maximum atomic E-state index is 12.1. The summed E-state index contributed by atoms with van der Waals surface area (Å²) < 4.78 is 0. The first-order valence-corrected chi connectivity index (χ1v) is 7.87. The van der Waals surface area contributed by atoms with Crippen molar-refractivity contribution in [3.63, 3.8) is 0 Å². The second-order valence-electron chi connectivity index (χ2n) is 5.73. The lowest BCUT2D eigenvalue weighted by molar-refractivity contribution is 0.102. The van der Waals surface area contributed by atoms with Gasteiger partial charge in [0.2, 0.25) is 0 Å². The number of carbonyl (C=O) groups excluding carboxylic acids is 1.